The van der Waals surface area contributed by atoms with E-state index in [1.807, 2.05) is 36.4 Å². The average Bonchev–Trinajstić information content (AvgIpc) is 2.39. The third kappa shape index (κ3) is 1.78. The number of ether oxygens (including phenoxy) is 1. The van der Waals surface area contributed by atoms with E-state index in [-0.39, 0.29) is 5.75 Å². The highest BCUT2D eigenvalue weighted by molar-refractivity contribution is 5.77. The van der Waals surface area contributed by atoms with Crippen LogP contribution in [-0.4, -0.2) is 11.7 Å². The molecule has 0 saturated carbocycles. The summed E-state index contributed by atoms with van der Waals surface area (Å²) in [5.41, 5.74) is 3.21. The highest BCUT2D eigenvalue weighted by atomic mass is 16.5. The van der Waals surface area contributed by atoms with Crippen LogP contribution in [0, 0.1) is 0 Å². The van der Waals surface area contributed by atoms with Gasteiger partial charge in [0.15, 0.2) is 0 Å². The first-order chi connectivity index (χ1) is 8.34. The third-order valence-corrected chi connectivity index (χ3v) is 2.85. The predicted octanol–water partition coefficient (Wildman–Crippen LogP) is 3.46. The molecule has 17 heavy (non-hydrogen) atoms. The summed E-state index contributed by atoms with van der Waals surface area (Å²) in [4.78, 5) is 0. The van der Waals surface area contributed by atoms with Gasteiger partial charge in [-0.05, 0) is 23.8 Å². The lowest BCUT2D eigenvalue weighted by atomic mass is 10.00. The van der Waals surface area contributed by atoms with Gasteiger partial charge in [-0.25, -0.2) is 0 Å². The summed E-state index contributed by atoms with van der Waals surface area (Å²) in [6, 6.07) is 13.2. The lowest BCUT2D eigenvalue weighted by Crippen LogP contribution is -2.01. The minimum absolute atomic E-state index is 0.277. The fourth-order valence-electron chi connectivity index (χ4n) is 2.02. The molecule has 1 heterocycles. The first kappa shape index (κ1) is 9.97. The Morgan fingerprint density at radius 1 is 1.00 bits per heavy atom. The number of benzene rings is 2. The van der Waals surface area contributed by atoms with E-state index in [2.05, 4.69) is 6.08 Å². The molecule has 0 spiro atoms. The van der Waals surface area contributed by atoms with Gasteiger partial charge < -0.3 is 9.84 Å². The lowest BCUT2D eigenvalue weighted by Gasteiger charge is -2.16. The highest BCUT2D eigenvalue weighted by Gasteiger charge is 2.11. The molecule has 84 valence electrons. The van der Waals surface area contributed by atoms with Gasteiger partial charge in [0.1, 0.15) is 18.1 Å². The van der Waals surface area contributed by atoms with Crippen molar-refractivity contribution in [3.63, 3.8) is 0 Å². The van der Waals surface area contributed by atoms with Crippen LogP contribution in [0.4, 0.5) is 0 Å². The Balaban J connectivity index is 2.15. The molecule has 0 amide bonds. The minimum atomic E-state index is 0.277. The summed E-state index contributed by atoms with van der Waals surface area (Å²) in [5.74, 6) is 1.19. The Labute approximate surface area is 99.8 Å². The van der Waals surface area contributed by atoms with Crippen molar-refractivity contribution < 1.29 is 9.84 Å². The first-order valence-electron chi connectivity index (χ1n) is 5.56. The van der Waals surface area contributed by atoms with Crippen LogP contribution in [-0.2, 0) is 0 Å². The average molecular weight is 224 g/mol. The van der Waals surface area contributed by atoms with Gasteiger partial charge in [0.25, 0.3) is 0 Å². The molecular weight excluding hydrogens is 212 g/mol. The summed E-state index contributed by atoms with van der Waals surface area (Å²) in [6.45, 7) is 0.613. The standard InChI is InChI=1S/C15H12O2/c16-13-8-6-11(7-9-13)14-5-1-3-12-4-2-10-17-15(12)14/h1-9,16H,10H2. The second kappa shape index (κ2) is 3.98. The summed E-state index contributed by atoms with van der Waals surface area (Å²) in [5, 5.41) is 9.30. The molecule has 2 aromatic carbocycles. The minimum Gasteiger partial charge on any atom is -0.508 e. The maximum Gasteiger partial charge on any atom is 0.134 e. The molecule has 0 bridgehead atoms. The SMILES string of the molecule is Oc1ccc(-c2cccc3c2OCC=C3)cc1. The molecule has 2 nitrogen and oxygen atoms in total. The van der Waals surface area contributed by atoms with Crippen LogP contribution in [0.2, 0.25) is 0 Å². The second-order valence-corrected chi connectivity index (χ2v) is 3.98. The molecule has 3 rings (SSSR count). The predicted molar refractivity (Wildman–Crippen MR) is 68.1 cm³/mol. The van der Waals surface area contributed by atoms with Crippen molar-refractivity contribution in [1.29, 1.82) is 0 Å². The molecule has 0 radical (unpaired) electrons. The molecule has 0 aliphatic carbocycles. The zero-order chi connectivity index (χ0) is 11.7. The van der Waals surface area contributed by atoms with E-state index in [0.29, 0.717) is 6.61 Å². The number of hydrogen-bond donors (Lipinski definition) is 1. The van der Waals surface area contributed by atoms with Crippen LogP contribution < -0.4 is 4.74 Å². The zero-order valence-electron chi connectivity index (χ0n) is 9.26. The van der Waals surface area contributed by atoms with Gasteiger partial charge in [-0.15, -0.1) is 0 Å². The van der Waals surface area contributed by atoms with Gasteiger partial charge in [-0.3, -0.25) is 0 Å². The molecule has 2 heteroatoms. The van der Waals surface area contributed by atoms with Crippen molar-refractivity contribution in [1.82, 2.24) is 0 Å². The van der Waals surface area contributed by atoms with Crippen LogP contribution in [0.15, 0.2) is 48.5 Å². The summed E-state index contributed by atoms with van der Waals surface area (Å²) in [6.07, 6.45) is 4.08. The summed E-state index contributed by atoms with van der Waals surface area (Å²) >= 11 is 0. The maximum atomic E-state index is 9.30. The highest BCUT2D eigenvalue weighted by Crippen LogP contribution is 2.36. The fraction of sp³-hybridized carbons (Fsp3) is 0.0667. The topological polar surface area (TPSA) is 29.5 Å². The zero-order valence-corrected chi connectivity index (χ0v) is 9.26. The van der Waals surface area contributed by atoms with Crippen LogP contribution >= 0.6 is 0 Å². The van der Waals surface area contributed by atoms with Gasteiger partial charge in [-0.2, -0.15) is 0 Å². The van der Waals surface area contributed by atoms with Crippen molar-refractivity contribution >= 4 is 6.08 Å². The first-order valence-corrected chi connectivity index (χ1v) is 5.56. The lowest BCUT2D eigenvalue weighted by molar-refractivity contribution is 0.360. The quantitative estimate of drug-likeness (QED) is 0.803. The monoisotopic (exact) mass is 224 g/mol. The molecule has 0 saturated heterocycles. The molecule has 0 fully saturated rings. The van der Waals surface area contributed by atoms with E-state index >= 15 is 0 Å². The Hall–Kier alpha value is -2.22. The Kier molecular flexibility index (Phi) is 2.33. The second-order valence-electron chi connectivity index (χ2n) is 3.98. The number of phenols is 1. The van der Waals surface area contributed by atoms with Gasteiger partial charge in [0.2, 0.25) is 0 Å². The van der Waals surface area contributed by atoms with Crippen LogP contribution in [0.3, 0.4) is 0 Å². The molecule has 0 aromatic heterocycles. The molecule has 1 aliphatic heterocycles. The van der Waals surface area contributed by atoms with Gasteiger partial charge in [-0.1, -0.05) is 36.4 Å². The van der Waals surface area contributed by atoms with Crippen LogP contribution in [0.1, 0.15) is 5.56 Å². The van der Waals surface area contributed by atoms with Gasteiger partial charge >= 0.3 is 0 Å². The molecule has 1 N–H and O–H groups in total. The van der Waals surface area contributed by atoms with Crippen molar-refractivity contribution in [2.45, 2.75) is 0 Å². The largest absolute Gasteiger partial charge is 0.508 e. The maximum absolute atomic E-state index is 9.30. The molecule has 0 unspecified atom stereocenters. The van der Waals surface area contributed by atoms with E-state index in [4.69, 9.17) is 4.74 Å². The molecule has 2 aromatic rings. The van der Waals surface area contributed by atoms with Gasteiger partial charge in [0, 0.05) is 11.1 Å². The van der Waals surface area contributed by atoms with Crippen molar-refractivity contribution in [2.24, 2.45) is 0 Å². The van der Waals surface area contributed by atoms with E-state index in [9.17, 15) is 5.11 Å². The summed E-state index contributed by atoms with van der Waals surface area (Å²) < 4.78 is 5.69. The number of rotatable bonds is 1. The van der Waals surface area contributed by atoms with Crippen LogP contribution in [0.25, 0.3) is 17.2 Å². The van der Waals surface area contributed by atoms with Crippen molar-refractivity contribution in [3.05, 3.63) is 54.1 Å². The Bertz CT molecular complexity index is 568. The number of aromatic hydroxyl groups is 1. The number of fused-ring (bicyclic) bond motifs is 1. The fourth-order valence-corrected chi connectivity index (χ4v) is 2.02. The Morgan fingerprint density at radius 3 is 2.65 bits per heavy atom. The number of para-hydroxylation sites is 1. The normalized spacial score (nSPS) is 12.9. The van der Waals surface area contributed by atoms with Crippen LogP contribution in [0.5, 0.6) is 11.5 Å². The van der Waals surface area contributed by atoms with Crippen molar-refractivity contribution in [3.8, 4) is 22.6 Å². The van der Waals surface area contributed by atoms with E-state index in [0.717, 1.165) is 22.4 Å². The smallest absolute Gasteiger partial charge is 0.134 e. The van der Waals surface area contributed by atoms with Crippen molar-refractivity contribution in [2.75, 3.05) is 6.61 Å². The van der Waals surface area contributed by atoms with E-state index < -0.39 is 0 Å². The Morgan fingerprint density at radius 2 is 1.82 bits per heavy atom. The van der Waals surface area contributed by atoms with E-state index in [1.165, 1.54) is 0 Å². The number of hydrogen-bond acceptors (Lipinski definition) is 2. The molecule has 0 atom stereocenters. The third-order valence-electron chi connectivity index (χ3n) is 2.85. The summed E-state index contributed by atoms with van der Waals surface area (Å²) in [7, 11) is 0. The van der Waals surface area contributed by atoms with E-state index in [1.54, 1.807) is 12.1 Å². The van der Waals surface area contributed by atoms with Gasteiger partial charge in [0.05, 0.1) is 0 Å². The molecular formula is C15H12O2. The number of phenolic OH excluding ortho intramolecular Hbond substituents is 1. The molecule has 1 aliphatic rings.